The van der Waals surface area contributed by atoms with Crippen LogP contribution in [0.4, 0.5) is 5.82 Å². The first-order chi connectivity index (χ1) is 12.2. The maximum Gasteiger partial charge on any atom is 0.132 e. The van der Waals surface area contributed by atoms with Crippen molar-refractivity contribution in [1.82, 2.24) is 19.9 Å². The normalized spacial score (nSPS) is 13.4. The van der Waals surface area contributed by atoms with Crippen molar-refractivity contribution in [2.75, 3.05) is 11.9 Å². The van der Waals surface area contributed by atoms with Crippen LogP contribution in [0.15, 0.2) is 55.5 Å². The van der Waals surface area contributed by atoms with E-state index in [4.69, 9.17) is 5.41 Å². The van der Waals surface area contributed by atoms with Gasteiger partial charge in [0.05, 0.1) is 29.8 Å². The van der Waals surface area contributed by atoms with Crippen LogP contribution in [0.5, 0.6) is 0 Å². The third kappa shape index (κ3) is 2.94. The molecule has 0 aliphatic carbocycles. The Balaban J connectivity index is 1.52. The van der Waals surface area contributed by atoms with Crippen molar-refractivity contribution in [3.63, 3.8) is 0 Å². The lowest BCUT2D eigenvalue weighted by atomic mass is 10.1. The van der Waals surface area contributed by atoms with E-state index in [2.05, 4.69) is 31.7 Å². The molecule has 0 saturated carbocycles. The van der Waals surface area contributed by atoms with E-state index in [1.54, 1.807) is 6.33 Å². The number of imidazole rings is 1. The van der Waals surface area contributed by atoms with Crippen LogP contribution in [0.1, 0.15) is 22.5 Å². The van der Waals surface area contributed by atoms with E-state index in [-0.39, 0.29) is 0 Å². The van der Waals surface area contributed by atoms with Crippen LogP contribution >= 0.6 is 0 Å². The van der Waals surface area contributed by atoms with Crippen molar-refractivity contribution in [3.05, 3.63) is 78.0 Å². The van der Waals surface area contributed by atoms with E-state index in [9.17, 15) is 0 Å². The first-order valence-corrected chi connectivity index (χ1v) is 8.26. The van der Waals surface area contributed by atoms with Crippen molar-refractivity contribution in [1.29, 1.82) is 5.41 Å². The van der Waals surface area contributed by atoms with Gasteiger partial charge in [-0.1, -0.05) is 36.9 Å². The number of hydrogen-bond donors (Lipinski definition) is 4. The molecule has 0 saturated heterocycles. The summed E-state index contributed by atoms with van der Waals surface area (Å²) >= 11 is 0. The Morgan fingerprint density at radius 3 is 2.88 bits per heavy atom. The molecule has 0 atom stereocenters. The number of aromatic amines is 2. The molecule has 4 N–H and O–H groups in total. The Bertz CT molecular complexity index is 905. The molecule has 25 heavy (non-hydrogen) atoms. The Kier molecular flexibility index (Phi) is 3.85. The average molecular weight is 332 g/mol. The van der Waals surface area contributed by atoms with Gasteiger partial charge in [0.2, 0.25) is 0 Å². The molecule has 6 nitrogen and oxygen atoms in total. The molecule has 0 fully saturated rings. The number of fused-ring (bicyclic) bond motifs is 1. The summed E-state index contributed by atoms with van der Waals surface area (Å²) in [5.74, 6) is 1.28. The van der Waals surface area contributed by atoms with Gasteiger partial charge in [0.1, 0.15) is 11.7 Å². The first-order valence-electron chi connectivity index (χ1n) is 8.26. The summed E-state index contributed by atoms with van der Waals surface area (Å²) in [5.41, 5.74) is 4.85. The summed E-state index contributed by atoms with van der Waals surface area (Å²) in [6, 6.07) is 11.9. The Labute approximate surface area is 146 Å². The van der Waals surface area contributed by atoms with Crippen LogP contribution in [0.25, 0.3) is 5.70 Å². The highest BCUT2D eigenvalue weighted by Gasteiger charge is 2.23. The van der Waals surface area contributed by atoms with Crippen LogP contribution < -0.4 is 5.32 Å². The van der Waals surface area contributed by atoms with Gasteiger partial charge in [-0.3, -0.25) is 5.41 Å². The molecular weight excluding hydrogens is 312 g/mol. The standard InChI is InChI=1S/C19H20N6/c1-13(14-5-3-2-4-6-14)24-19-15(7-9-21-19)18(20)25-10-8-16-17(11-25)23-12-22-16/h2-7,9,12,20-21,24H,1,8,10-11H2,(H,22,23). The summed E-state index contributed by atoms with van der Waals surface area (Å²) < 4.78 is 0. The minimum Gasteiger partial charge on any atom is -0.350 e. The fourth-order valence-electron chi connectivity index (χ4n) is 3.11. The van der Waals surface area contributed by atoms with Crippen LogP contribution in [-0.4, -0.2) is 32.2 Å². The topological polar surface area (TPSA) is 83.6 Å². The molecule has 4 rings (SSSR count). The van der Waals surface area contributed by atoms with Crippen LogP contribution in [0, 0.1) is 5.41 Å². The highest BCUT2D eigenvalue weighted by molar-refractivity contribution is 6.02. The number of anilines is 1. The summed E-state index contributed by atoms with van der Waals surface area (Å²) in [6.07, 6.45) is 4.42. The lowest BCUT2D eigenvalue weighted by Crippen LogP contribution is -2.36. The number of nitrogens with one attached hydrogen (secondary N) is 4. The highest BCUT2D eigenvalue weighted by Crippen LogP contribution is 2.23. The van der Waals surface area contributed by atoms with E-state index in [1.807, 2.05) is 42.6 Å². The fraction of sp³-hybridized carbons (Fsp3) is 0.158. The van der Waals surface area contributed by atoms with Crippen LogP contribution in [0.3, 0.4) is 0 Å². The molecule has 2 aromatic heterocycles. The van der Waals surface area contributed by atoms with Gasteiger partial charge in [0.15, 0.2) is 0 Å². The quantitative estimate of drug-likeness (QED) is 0.437. The van der Waals surface area contributed by atoms with Gasteiger partial charge in [-0.15, -0.1) is 0 Å². The summed E-state index contributed by atoms with van der Waals surface area (Å²) in [5, 5.41) is 11.9. The van der Waals surface area contributed by atoms with Crippen molar-refractivity contribution < 1.29 is 0 Å². The average Bonchev–Trinajstić information content (AvgIpc) is 3.30. The van der Waals surface area contributed by atoms with E-state index in [1.165, 1.54) is 0 Å². The van der Waals surface area contributed by atoms with Gasteiger partial charge in [-0.25, -0.2) is 4.98 Å². The maximum absolute atomic E-state index is 8.63. The second kappa shape index (κ2) is 6.32. The number of rotatable bonds is 4. The van der Waals surface area contributed by atoms with E-state index >= 15 is 0 Å². The second-order valence-corrected chi connectivity index (χ2v) is 6.08. The lowest BCUT2D eigenvalue weighted by Gasteiger charge is -2.28. The molecule has 0 radical (unpaired) electrons. The zero-order valence-corrected chi connectivity index (χ0v) is 13.8. The molecule has 1 aromatic carbocycles. The van der Waals surface area contributed by atoms with Crippen molar-refractivity contribution in [2.45, 2.75) is 13.0 Å². The fourth-order valence-corrected chi connectivity index (χ4v) is 3.11. The number of hydrogen-bond acceptors (Lipinski definition) is 3. The van der Waals surface area contributed by atoms with Gasteiger partial charge >= 0.3 is 0 Å². The summed E-state index contributed by atoms with van der Waals surface area (Å²) in [7, 11) is 0. The van der Waals surface area contributed by atoms with Gasteiger partial charge in [0.25, 0.3) is 0 Å². The molecule has 0 unspecified atom stereocenters. The minimum atomic E-state index is 0.491. The van der Waals surface area contributed by atoms with Gasteiger partial charge in [-0.2, -0.15) is 0 Å². The molecule has 126 valence electrons. The zero-order valence-electron chi connectivity index (χ0n) is 13.8. The Morgan fingerprint density at radius 1 is 1.20 bits per heavy atom. The highest BCUT2D eigenvalue weighted by atomic mass is 15.2. The number of nitrogens with zero attached hydrogens (tertiary/aromatic N) is 2. The number of H-pyrrole nitrogens is 2. The van der Waals surface area contributed by atoms with Gasteiger partial charge in [0, 0.05) is 24.9 Å². The molecule has 0 amide bonds. The van der Waals surface area contributed by atoms with Crippen molar-refractivity contribution >= 4 is 17.4 Å². The third-order valence-corrected chi connectivity index (χ3v) is 4.49. The second-order valence-electron chi connectivity index (χ2n) is 6.08. The zero-order chi connectivity index (χ0) is 17.2. The SMILES string of the molecule is C=C(Nc1[nH]ccc1C(=N)N1CCc2nc[nH]c2C1)c1ccccc1. The summed E-state index contributed by atoms with van der Waals surface area (Å²) in [6.45, 7) is 5.58. The van der Waals surface area contributed by atoms with E-state index in [0.717, 1.165) is 47.0 Å². The smallest absolute Gasteiger partial charge is 0.132 e. The molecule has 6 heteroatoms. The van der Waals surface area contributed by atoms with Crippen molar-refractivity contribution in [3.8, 4) is 0 Å². The largest absolute Gasteiger partial charge is 0.350 e. The first kappa shape index (κ1) is 15.3. The molecular formula is C19H20N6. The van der Waals surface area contributed by atoms with Crippen LogP contribution in [0.2, 0.25) is 0 Å². The molecule has 0 spiro atoms. The minimum absolute atomic E-state index is 0.491. The molecule has 3 aromatic rings. The third-order valence-electron chi connectivity index (χ3n) is 4.49. The van der Waals surface area contributed by atoms with E-state index < -0.39 is 0 Å². The predicted molar refractivity (Wildman–Crippen MR) is 99.4 cm³/mol. The van der Waals surface area contributed by atoms with E-state index in [0.29, 0.717) is 12.4 Å². The Hall–Kier alpha value is -3.28. The van der Waals surface area contributed by atoms with Crippen molar-refractivity contribution in [2.24, 2.45) is 0 Å². The summed E-state index contributed by atoms with van der Waals surface area (Å²) in [4.78, 5) is 12.7. The Morgan fingerprint density at radius 2 is 2.04 bits per heavy atom. The molecule has 1 aliphatic rings. The molecule has 3 heterocycles. The van der Waals surface area contributed by atoms with Gasteiger partial charge in [-0.05, 0) is 11.6 Å². The molecule has 1 aliphatic heterocycles. The number of benzene rings is 1. The lowest BCUT2D eigenvalue weighted by molar-refractivity contribution is 0.385. The molecule has 0 bridgehead atoms. The maximum atomic E-state index is 8.63. The van der Waals surface area contributed by atoms with Gasteiger partial charge < -0.3 is 20.2 Å². The monoisotopic (exact) mass is 332 g/mol. The number of aromatic nitrogens is 3. The predicted octanol–water partition coefficient (Wildman–Crippen LogP) is 3.20. The number of amidine groups is 1. The van der Waals surface area contributed by atoms with Crippen LogP contribution in [-0.2, 0) is 13.0 Å².